The third kappa shape index (κ3) is 4.32. The number of ketones is 1. The van der Waals surface area contributed by atoms with Gasteiger partial charge in [0.25, 0.3) is 0 Å². The van der Waals surface area contributed by atoms with Crippen LogP contribution in [0, 0.1) is 0 Å². The quantitative estimate of drug-likeness (QED) is 0.496. The van der Waals surface area contributed by atoms with Crippen LogP contribution in [0.25, 0.3) is 0 Å². The van der Waals surface area contributed by atoms with Crippen molar-refractivity contribution in [2.75, 3.05) is 43.8 Å². The number of anilines is 3. The number of fused-ring (bicyclic) bond motifs is 1. The summed E-state index contributed by atoms with van der Waals surface area (Å²) in [5.74, 6) is 1.58. The van der Waals surface area contributed by atoms with Gasteiger partial charge in [-0.05, 0) is 59.9 Å². The number of para-hydroxylation sites is 2. The molecule has 0 radical (unpaired) electrons. The molecule has 0 saturated heterocycles. The Bertz CT molecular complexity index is 1280. The molecule has 3 aromatic carbocycles. The first kappa shape index (κ1) is 22.8. The van der Waals surface area contributed by atoms with Crippen molar-refractivity contribution in [2.24, 2.45) is 0 Å². The smallest absolute Gasteiger partial charge is 0.163 e. The topological polar surface area (TPSA) is 62.8 Å². The molecule has 1 aliphatic heterocycles. The molecule has 6 nitrogen and oxygen atoms in total. The molecule has 0 spiro atoms. The first-order valence-corrected chi connectivity index (χ1v) is 11.9. The van der Waals surface area contributed by atoms with Gasteiger partial charge >= 0.3 is 0 Å². The molecule has 0 aromatic heterocycles. The summed E-state index contributed by atoms with van der Waals surface area (Å²) >= 11 is 0. The lowest BCUT2D eigenvalue weighted by molar-refractivity contribution is -0.116. The summed E-state index contributed by atoms with van der Waals surface area (Å²) in [5.41, 5.74) is 6.98. The molecule has 6 heteroatoms. The SMILES string of the molecule is COc1ccc(C2Nc3ccccc3NC3=C2C(=O)CC(c2ccc(N(C)C)cc2)C3)cc1OC. The lowest BCUT2D eigenvalue weighted by Crippen LogP contribution is -2.27. The van der Waals surface area contributed by atoms with Crippen molar-refractivity contribution in [1.82, 2.24) is 0 Å². The molecule has 0 saturated carbocycles. The van der Waals surface area contributed by atoms with E-state index in [0.717, 1.165) is 40.3 Å². The highest BCUT2D eigenvalue weighted by Gasteiger charge is 2.36. The minimum absolute atomic E-state index is 0.126. The van der Waals surface area contributed by atoms with Gasteiger partial charge in [0, 0.05) is 37.5 Å². The average molecular weight is 470 g/mol. The molecule has 180 valence electrons. The second-order valence-electron chi connectivity index (χ2n) is 9.27. The molecule has 5 rings (SSSR count). The van der Waals surface area contributed by atoms with Crippen molar-refractivity contribution in [2.45, 2.75) is 24.8 Å². The molecule has 1 aliphatic carbocycles. The second-order valence-corrected chi connectivity index (χ2v) is 9.27. The van der Waals surface area contributed by atoms with Crippen LogP contribution in [0.4, 0.5) is 17.1 Å². The maximum absolute atomic E-state index is 13.8. The van der Waals surface area contributed by atoms with E-state index in [1.807, 2.05) is 56.6 Å². The number of ether oxygens (including phenoxy) is 2. The minimum Gasteiger partial charge on any atom is -0.493 e. The third-order valence-electron chi connectivity index (χ3n) is 6.93. The van der Waals surface area contributed by atoms with Gasteiger partial charge in [0.2, 0.25) is 0 Å². The van der Waals surface area contributed by atoms with Crippen LogP contribution in [0.15, 0.2) is 78.0 Å². The Kier molecular flexibility index (Phi) is 6.12. The van der Waals surface area contributed by atoms with Crippen molar-refractivity contribution in [3.05, 3.63) is 89.1 Å². The number of nitrogens with one attached hydrogen (secondary N) is 2. The first-order valence-electron chi connectivity index (χ1n) is 11.9. The van der Waals surface area contributed by atoms with Crippen LogP contribution in [0.5, 0.6) is 11.5 Å². The number of hydrogen-bond acceptors (Lipinski definition) is 6. The van der Waals surface area contributed by atoms with Crippen molar-refractivity contribution in [1.29, 1.82) is 0 Å². The third-order valence-corrected chi connectivity index (χ3v) is 6.93. The van der Waals surface area contributed by atoms with Gasteiger partial charge < -0.3 is 25.0 Å². The zero-order chi connectivity index (χ0) is 24.5. The number of benzene rings is 3. The molecular formula is C29H31N3O3. The van der Waals surface area contributed by atoms with Crippen LogP contribution in [0.2, 0.25) is 0 Å². The summed E-state index contributed by atoms with van der Waals surface area (Å²) < 4.78 is 11.0. The van der Waals surface area contributed by atoms with E-state index in [1.54, 1.807) is 14.2 Å². The summed E-state index contributed by atoms with van der Waals surface area (Å²) in [6.07, 6.45) is 1.24. The maximum atomic E-state index is 13.8. The highest BCUT2D eigenvalue weighted by molar-refractivity contribution is 6.01. The summed E-state index contributed by atoms with van der Waals surface area (Å²) in [7, 11) is 7.31. The van der Waals surface area contributed by atoms with E-state index in [2.05, 4.69) is 39.8 Å². The Morgan fingerprint density at radius 3 is 2.20 bits per heavy atom. The number of carbonyl (C=O) groups excluding carboxylic acids is 1. The van der Waals surface area contributed by atoms with E-state index in [4.69, 9.17) is 9.47 Å². The Balaban J connectivity index is 1.57. The van der Waals surface area contributed by atoms with Gasteiger partial charge in [0.15, 0.2) is 17.3 Å². The normalized spacial score (nSPS) is 19.0. The van der Waals surface area contributed by atoms with Crippen molar-refractivity contribution in [3.63, 3.8) is 0 Å². The van der Waals surface area contributed by atoms with Crippen molar-refractivity contribution in [3.8, 4) is 11.5 Å². The van der Waals surface area contributed by atoms with E-state index in [-0.39, 0.29) is 17.7 Å². The number of Topliss-reactive ketones (excluding diaryl/α,β-unsaturated/α-hetero) is 1. The van der Waals surface area contributed by atoms with Gasteiger partial charge in [-0.3, -0.25) is 4.79 Å². The van der Waals surface area contributed by atoms with E-state index in [9.17, 15) is 4.79 Å². The van der Waals surface area contributed by atoms with Gasteiger partial charge in [-0.2, -0.15) is 0 Å². The van der Waals surface area contributed by atoms with Crippen LogP contribution < -0.4 is 25.0 Å². The highest BCUT2D eigenvalue weighted by atomic mass is 16.5. The van der Waals surface area contributed by atoms with E-state index in [0.29, 0.717) is 17.9 Å². The zero-order valence-corrected chi connectivity index (χ0v) is 20.6. The molecule has 2 atom stereocenters. The number of nitrogens with zero attached hydrogens (tertiary/aromatic N) is 1. The van der Waals surface area contributed by atoms with Gasteiger partial charge in [0.05, 0.1) is 31.6 Å². The fourth-order valence-electron chi connectivity index (χ4n) is 5.06. The zero-order valence-electron chi connectivity index (χ0n) is 20.6. The Morgan fingerprint density at radius 2 is 1.51 bits per heavy atom. The van der Waals surface area contributed by atoms with Crippen LogP contribution in [-0.2, 0) is 4.79 Å². The van der Waals surface area contributed by atoms with Gasteiger partial charge in [-0.25, -0.2) is 0 Å². The number of allylic oxidation sites excluding steroid dienone is 1. The fourth-order valence-corrected chi connectivity index (χ4v) is 5.06. The number of rotatable bonds is 5. The molecule has 1 heterocycles. The Labute approximate surface area is 206 Å². The van der Waals surface area contributed by atoms with Gasteiger partial charge in [-0.15, -0.1) is 0 Å². The second kappa shape index (κ2) is 9.37. The van der Waals surface area contributed by atoms with Crippen LogP contribution in [0.1, 0.15) is 35.9 Å². The number of methoxy groups -OCH3 is 2. The lowest BCUT2D eigenvalue weighted by Gasteiger charge is -2.30. The molecule has 2 unspecified atom stereocenters. The first-order chi connectivity index (χ1) is 17.0. The van der Waals surface area contributed by atoms with Crippen molar-refractivity contribution < 1.29 is 14.3 Å². The van der Waals surface area contributed by atoms with E-state index in [1.165, 1.54) is 5.56 Å². The molecule has 2 aliphatic rings. The summed E-state index contributed by atoms with van der Waals surface area (Å²) in [5, 5.41) is 7.23. The molecular weight excluding hydrogens is 438 g/mol. The van der Waals surface area contributed by atoms with Gasteiger partial charge in [0.1, 0.15) is 0 Å². The number of hydrogen-bond donors (Lipinski definition) is 2. The monoisotopic (exact) mass is 469 g/mol. The summed E-state index contributed by atoms with van der Waals surface area (Å²) in [4.78, 5) is 15.8. The average Bonchev–Trinajstić information content (AvgIpc) is 3.05. The summed E-state index contributed by atoms with van der Waals surface area (Å²) in [6, 6.07) is 22.2. The Morgan fingerprint density at radius 1 is 0.829 bits per heavy atom. The molecule has 0 bridgehead atoms. The van der Waals surface area contributed by atoms with E-state index >= 15 is 0 Å². The van der Waals surface area contributed by atoms with E-state index < -0.39 is 0 Å². The van der Waals surface area contributed by atoms with Crippen molar-refractivity contribution >= 4 is 22.8 Å². The lowest BCUT2D eigenvalue weighted by atomic mass is 9.78. The predicted molar refractivity (Wildman–Crippen MR) is 141 cm³/mol. The van der Waals surface area contributed by atoms with Gasteiger partial charge in [-0.1, -0.05) is 30.3 Å². The predicted octanol–water partition coefficient (Wildman–Crippen LogP) is 5.75. The number of carbonyl (C=O) groups is 1. The molecule has 3 aromatic rings. The fraction of sp³-hybridized carbons (Fsp3) is 0.276. The van der Waals surface area contributed by atoms with Crippen LogP contribution >= 0.6 is 0 Å². The Hall–Kier alpha value is -3.93. The molecule has 35 heavy (non-hydrogen) atoms. The van der Waals surface area contributed by atoms with Crippen LogP contribution in [0.3, 0.4) is 0 Å². The standard InChI is InChI=1S/C29H31N3O3/c1-32(2)21-12-9-18(10-13-21)20-15-24-28(25(33)16-20)29(31-23-8-6-5-7-22(23)30-24)19-11-14-26(34-3)27(17-19)35-4/h5-14,17,20,29-31H,15-16H2,1-4H3. The largest absolute Gasteiger partial charge is 0.493 e. The highest BCUT2D eigenvalue weighted by Crippen LogP contribution is 2.45. The van der Waals surface area contributed by atoms with Crippen LogP contribution in [-0.4, -0.2) is 34.1 Å². The summed E-state index contributed by atoms with van der Waals surface area (Å²) in [6.45, 7) is 0. The molecule has 0 fully saturated rings. The molecule has 0 amide bonds. The maximum Gasteiger partial charge on any atom is 0.163 e. The molecule has 2 N–H and O–H groups in total. The minimum atomic E-state index is -0.300.